The van der Waals surface area contributed by atoms with Gasteiger partial charge in [0, 0.05) is 52.1 Å². The molecule has 0 atom stereocenters. The van der Waals surface area contributed by atoms with Gasteiger partial charge >= 0.3 is 0 Å². The van der Waals surface area contributed by atoms with E-state index >= 15 is 0 Å². The average Bonchev–Trinajstić information content (AvgIpc) is 2.70. The fourth-order valence-electron chi connectivity index (χ4n) is 3.79. The number of hydrogen-bond acceptors (Lipinski definition) is 3. The molecule has 0 fully saturated rings. The Hall–Kier alpha value is -3.33. The highest BCUT2D eigenvalue weighted by atomic mass is 14.7. The maximum absolute atomic E-state index is 4.71. The molecule has 4 aromatic rings. The van der Waals surface area contributed by atoms with Gasteiger partial charge in [0.2, 0.25) is 0 Å². The highest BCUT2D eigenvalue weighted by Crippen LogP contribution is 2.32. The van der Waals surface area contributed by atoms with Gasteiger partial charge in [0.05, 0.1) is 5.52 Å². The second-order valence-corrected chi connectivity index (χ2v) is 7.06. The number of rotatable bonds is 3. The van der Waals surface area contributed by atoms with Gasteiger partial charge in [-0.1, -0.05) is 18.2 Å². The van der Waals surface area contributed by atoms with Crippen molar-refractivity contribution in [1.29, 1.82) is 0 Å². The van der Waals surface area contributed by atoms with Crippen molar-refractivity contribution in [3.63, 3.8) is 0 Å². The first-order chi connectivity index (χ1) is 13.6. The van der Waals surface area contributed by atoms with Crippen molar-refractivity contribution in [3.05, 3.63) is 95.2 Å². The van der Waals surface area contributed by atoms with E-state index in [-0.39, 0.29) is 0 Å². The first-order valence-corrected chi connectivity index (χ1v) is 9.49. The summed E-state index contributed by atoms with van der Waals surface area (Å²) in [6.07, 6.45) is 7.80. The number of pyridine rings is 3. The minimum absolute atomic E-state index is 1.01. The fraction of sp³-hybridized carbons (Fsp3) is 0.160. The molecule has 0 aliphatic rings. The molecule has 1 aromatic carbocycles. The highest BCUT2D eigenvalue weighted by molar-refractivity contribution is 5.89. The molecule has 3 heterocycles. The summed E-state index contributed by atoms with van der Waals surface area (Å²) in [6.45, 7) is 8.31. The van der Waals surface area contributed by atoms with Crippen LogP contribution >= 0.6 is 0 Å². The first kappa shape index (κ1) is 18.1. The molecule has 0 saturated carbocycles. The summed E-state index contributed by atoms with van der Waals surface area (Å²) >= 11 is 0. The summed E-state index contributed by atoms with van der Waals surface area (Å²) < 4.78 is 0. The Morgan fingerprint density at radius 1 is 0.857 bits per heavy atom. The van der Waals surface area contributed by atoms with E-state index in [1.807, 2.05) is 24.7 Å². The standard InChI is InChI=1S/C25H23N3/c1-5-22(19-8-9-24-20(13-19)7-6-11-27-24)23-14-21(15-28-17(23)3)25-16(2)10-12-26-18(25)4/h5-15H,1-4H3/b22-5-. The molecule has 0 radical (unpaired) electrons. The summed E-state index contributed by atoms with van der Waals surface area (Å²) in [5.74, 6) is 0. The Kier molecular flexibility index (Phi) is 4.74. The lowest BCUT2D eigenvalue weighted by molar-refractivity contribution is 1.15. The molecule has 3 aromatic heterocycles. The normalized spacial score (nSPS) is 11.8. The quantitative estimate of drug-likeness (QED) is 0.442. The molecule has 0 unspecified atom stereocenters. The number of benzene rings is 1. The van der Waals surface area contributed by atoms with Crippen LogP contribution in [0.3, 0.4) is 0 Å². The van der Waals surface area contributed by atoms with Gasteiger partial charge in [-0.15, -0.1) is 0 Å². The lowest BCUT2D eigenvalue weighted by Crippen LogP contribution is -1.98. The van der Waals surface area contributed by atoms with E-state index in [2.05, 4.69) is 80.1 Å². The van der Waals surface area contributed by atoms with Crippen molar-refractivity contribution in [2.75, 3.05) is 0 Å². The Bertz CT molecular complexity index is 1190. The average molecular weight is 365 g/mol. The molecule has 0 aliphatic carbocycles. The largest absolute Gasteiger partial charge is 0.261 e. The van der Waals surface area contributed by atoms with E-state index < -0.39 is 0 Å². The first-order valence-electron chi connectivity index (χ1n) is 9.49. The molecule has 0 saturated heterocycles. The zero-order valence-corrected chi connectivity index (χ0v) is 16.7. The maximum Gasteiger partial charge on any atom is 0.0702 e. The van der Waals surface area contributed by atoms with Crippen molar-refractivity contribution in [2.45, 2.75) is 27.7 Å². The van der Waals surface area contributed by atoms with Crippen molar-refractivity contribution in [3.8, 4) is 11.1 Å². The van der Waals surface area contributed by atoms with Crippen LogP contribution < -0.4 is 0 Å². The molecule has 0 amide bonds. The van der Waals surface area contributed by atoms with Gasteiger partial charge in [-0.2, -0.15) is 0 Å². The summed E-state index contributed by atoms with van der Waals surface area (Å²) in [5.41, 5.74) is 10.0. The molecule has 0 aliphatic heterocycles. The highest BCUT2D eigenvalue weighted by Gasteiger charge is 2.13. The van der Waals surface area contributed by atoms with Crippen LogP contribution in [-0.4, -0.2) is 15.0 Å². The van der Waals surface area contributed by atoms with E-state index in [9.17, 15) is 0 Å². The van der Waals surface area contributed by atoms with Crippen LogP contribution in [0.25, 0.3) is 27.6 Å². The van der Waals surface area contributed by atoms with Gasteiger partial charge in [0.15, 0.2) is 0 Å². The van der Waals surface area contributed by atoms with Crippen LogP contribution in [0.2, 0.25) is 0 Å². The zero-order chi connectivity index (χ0) is 19.7. The van der Waals surface area contributed by atoms with Crippen LogP contribution in [0, 0.1) is 20.8 Å². The Balaban J connectivity index is 1.87. The third-order valence-corrected chi connectivity index (χ3v) is 5.22. The number of hydrogen-bond donors (Lipinski definition) is 0. The number of aromatic nitrogens is 3. The summed E-state index contributed by atoms with van der Waals surface area (Å²) in [4.78, 5) is 13.6. The SMILES string of the molecule is C/C=C(/c1ccc2ncccc2c1)c1cc(-c2c(C)ccnc2C)cnc1C. The van der Waals surface area contributed by atoms with Crippen LogP contribution in [0.1, 0.15) is 35.0 Å². The fourth-order valence-corrected chi connectivity index (χ4v) is 3.79. The predicted octanol–water partition coefficient (Wildman–Crippen LogP) is 6.07. The van der Waals surface area contributed by atoms with E-state index in [4.69, 9.17) is 4.98 Å². The monoisotopic (exact) mass is 365 g/mol. The number of allylic oxidation sites excluding steroid dienone is 1. The van der Waals surface area contributed by atoms with Crippen molar-refractivity contribution in [1.82, 2.24) is 15.0 Å². The summed E-state index contributed by atoms with van der Waals surface area (Å²) in [5, 5.41) is 1.14. The minimum Gasteiger partial charge on any atom is -0.261 e. The number of aryl methyl sites for hydroxylation is 3. The molecule has 4 rings (SSSR count). The smallest absolute Gasteiger partial charge is 0.0702 e. The van der Waals surface area contributed by atoms with Crippen LogP contribution in [0.4, 0.5) is 0 Å². The van der Waals surface area contributed by atoms with Crippen LogP contribution in [-0.2, 0) is 0 Å². The molecule has 138 valence electrons. The topological polar surface area (TPSA) is 38.7 Å². The van der Waals surface area contributed by atoms with E-state index in [0.717, 1.165) is 39.0 Å². The molecule has 3 heteroatoms. The van der Waals surface area contributed by atoms with Gasteiger partial charge in [-0.25, -0.2) is 0 Å². The van der Waals surface area contributed by atoms with Gasteiger partial charge in [0.25, 0.3) is 0 Å². The van der Waals surface area contributed by atoms with Gasteiger partial charge in [-0.05, 0) is 74.7 Å². The Labute approximate surface area is 165 Å². The van der Waals surface area contributed by atoms with Crippen LogP contribution in [0.15, 0.2) is 67.1 Å². The molecule has 0 bridgehead atoms. The van der Waals surface area contributed by atoms with Crippen molar-refractivity contribution >= 4 is 16.5 Å². The second-order valence-electron chi connectivity index (χ2n) is 7.06. The zero-order valence-electron chi connectivity index (χ0n) is 16.7. The summed E-state index contributed by atoms with van der Waals surface area (Å²) in [7, 11) is 0. The molecular formula is C25H23N3. The van der Waals surface area contributed by atoms with Gasteiger partial charge in [-0.3, -0.25) is 15.0 Å². The molecule has 3 nitrogen and oxygen atoms in total. The molecule has 0 spiro atoms. The van der Waals surface area contributed by atoms with Gasteiger partial charge < -0.3 is 0 Å². The van der Waals surface area contributed by atoms with Crippen LogP contribution in [0.5, 0.6) is 0 Å². The molecule has 28 heavy (non-hydrogen) atoms. The third-order valence-electron chi connectivity index (χ3n) is 5.22. The second kappa shape index (κ2) is 7.35. The number of nitrogens with zero attached hydrogens (tertiary/aromatic N) is 3. The van der Waals surface area contributed by atoms with E-state index in [0.29, 0.717) is 0 Å². The van der Waals surface area contributed by atoms with Gasteiger partial charge in [0.1, 0.15) is 0 Å². The molecule has 0 N–H and O–H groups in total. The Morgan fingerprint density at radius 3 is 2.50 bits per heavy atom. The lowest BCUT2D eigenvalue weighted by atomic mass is 9.92. The lowest BCUT2D eigenvalue weighted by Gasteiger charge is -2.15. The molecular weight excluding hydrogens is 342 g/mol. The maximum atomic E-state index is 4.71. The Morgan fingerprint density at radius 2 is 1.71 bits per heavy atom. The van der Waals surface area contributed by atoms with E-state index in [1.54, 1.807) is 0 Å². The van der Waals surface area contributed by atoms with Crippen molar-refractivity contribution in [2.24, 2.45) is 0 Å². The van der Waals surface area contributed by atoms with E-state index in [1.165, 1.54) is 16.7 Å². The third kappa shape index (κ3) is 3.20. The summed E-state index contributed by atoms with van der Waals surface area (Å²) in [6, 6.07) is 14.8. The predicted molar refractivity (Wildman–Crippen MR) is 116 cm³/mol. The van der Waals surface area contributed by atoms with Crippen molar-refractivity contribution < 1.29 is 0 Å². The number of fused-ring (bicyclic) bond motifs is 1. The minimum atomic E-state index is 1.01.